The van der Waals surface area contributed by atoms with E-state index in [0.29, 0.717) is 6.54 Å². The van der Waals surface area contributed by atoms with Gasteiger partial charge in [0.25, 0.3) is 0 Å². The molecule has 0 radical (unpaired) electrons. The molecule has 30 heavy (non-hydrogen) atoms. The van der Waals surface area contributed by atoms with Gasteiger partial charge >= 0.3 is 0 Å². The molecule has 0 unspecified atom stereocenters. The summed E-state index contributed by atoms with van der Waals surface area (Å²) < 4.78 is 2.13. The molecule has 4 rings (SSSR count). The molecule has 1 fully saturated rings. The highest BCUT2D eigenvalue weighted by Gasteiger charge is 2.27. The Bertz CT molecular complexity index is 961. The zero-order valence-electron chi connectivity index (χ0n) is 17.7. The van der Waals surface area contributed by atoms with Crippen molar-refractivity contribution in [2.45, 2.75) is 39.5 Å². The Morgan fingerprint density at radius 2 is 1.83 bits per heavy atom. The van der Waals surface area contributed by atoms with E-state index >= 15 is 0 Å². The van der Waals surface area contributed by atoms with Crippen molar-refractivity contribution in [2.75, 3.05) is 24.5 Å². The van der Waals surface area contributed by atoms with Gasteiger partial charge in [0.05, 0.1) is 5.92 Å². The fourth-order valence-corrected chi connectivity index (χ4v) is 5.06. The number of aromatic nitrogens is 3. The van der Waals surface area contributed by atoms with Gasteiger partial charge in [-0.15, -0.1) is 10.2 Å². The van der Waals surface area contributed by atoms with Gasteiger partial charge in [0.15, 0.2) is 0 Å². The van der Waals surface area contributed by atoms with E-state index in [1.165, 1.54) is 5.56 Å². The molecule has 0 aliphatic carbocycles. The van der Waals surface area contributed by atoms with Crippen LogP contribution in [0.2, 0.25) is 0 Å². The lowest BCUT2D eigenvalue weighted by Crippen LogP contribution is -2.43. The van der Waals surface area contributed by atoms with Gasteiger partial charge in [-0.3, -0.25) is 9.36 Å². The van der Waals surface area contributed by atoms with E-state index in [9.17, 15) is 4.79 Å². The average Bonchev–Trinajstić information content (AvgIpc) is 3.38. The quantitative estimate of drug-likeness (QED) is 0.585. The molecule has 1 aliphatic heterocycles. The number of carbonyl (C=O) groups is 1. The molecule has 1 saturated heterocycles. The summed E-state index contributed by atoms with van der Waals surface area (Å²) in [5, 5.41) is 13.8. The van der Waals surface area contributed by atoms with Crippen molar-refractivity contribution in [3.63, 3.8) is 0 Å². The third-order valence-electron chi connectivity index (χ3n) is 5.71. The summed E-state index contributed by atoms with van der Waals surface area (Å²) in [6, 6.07) is 14.6. The van der Waals surface area contributed by atoms with Crippen LogP contribution in [0.3, 0.4) is 0 Å². The largest absolute Gasteiger partial charge is 0.356 e. The molecule has 158 valence electrons. The van der Waals surface area contributed by atoms with Gasteiger partial charge in [0.1, 0.15) is 0 Å². The number of carbonyl (C=O) groups excluding carboxylic acids is 1. The fraction of sp³-hybridized carbons (Fsp3) is 0.435. The lowest BCUT2D eigenvalue weighted by molar-refractivity contribution is -0.125. The Balaban J connectivity index is 1.30. The van der Waals surface area contributed by atoms with Crippen LogP contribution in [0.15, 0.2) is 42.5 Å². The van der Waals surface area contributed by atoms with Crippen LogP contribution in [0.5, 0.6) is 0 Å². The highest BCUT2D eigenvalue weighted by atomic mass is 32.1. The van der Waals surface area contributed by atoms with Gasteiger partial charge in [-0.25, -0.2) is 0 Å². The smallest absolute Gasteiger partial charge is 0.224 e. The van der Waals surface area contributed by atoms with Crippen molar-refractivity contribution in [2.24, 2.45) is 5.92 Å². The summed E-state index contributed by atoms with van der Waals surface area (Å²) in [7, 11) is 0. The first kappa shape index (κ1) is 20.6. The van der Waals surface area contributed by atoms with Gasteiger partial charge in [0, 0.05) is 31.0 Å². The third-order valence-corrected chi connectivity index (χ3v) is 6.68. The van der Waals surface area contributed by atoms with Gasteiger partial charge in [-0.2, -0.15) is 0 Å². The van der Waals surface area contributed by atoms with E-state index in [4.69, 9.17) is 0 Å². The number of nitrogens with one attached hydrogen (secondary N) is 1. The first-order chi connectivity index (χ1) is 14.6. The molecule has 0 bridgehead atoms. The monoisotopic (exact) mass is 423 g/mol. The maximum absolute atomic E-state index is 12.7. The zero-order chi connectivity index (χ0) is 20.9. The number of nitrogens with zero attached hydrogens (tertiary/aromatic N) is 4. The van der Waals surface area contributed by atoms with E-state index in [0.717, 1.165) is 60.4 Å². The third kappa shape index (κ3) is 4.73. The summed E-state index contributed by atoms with van der Waals surface area (Å²) in [6.07, 6.45) is 3.88. The Morgan fingerprint density at radius 1 is 1.10 bits per heavy atom. The molecule has 3 aromatic rings. The number of hydrogen-bond donors (Lipinski definition) is 1. The van der Waals surface area contributed by atoms with E-state index in [1.54, 1.807) is 11.3 Å². The molecule has 0 saturated carbocycles. The Morgan fingerprint density at radius 3 is 2.60 bits per heavy atom. The van der Waals surface area contributed by atoms with Crippen LogP contribution in [0.4, 0.5) is 5.13 Å². The van der Waals surface area contributed by atoms with Gasteiger partial charge in [-0.1, -0.05) is 41.7 Å². The van der Waals surface area contributed by atoms with Crippen molar-refractivity contribution >= 4 is 22.4 Å². The lowest BCUT2D eigenvalue weighted by Gasteiger charge is -2.31. The van der Waals surface area contributed by atoms with E-state index in [2.05, 4.69) is 75.2 Å². The normalized spacial score (nSPS) is 16.6. The predicted octanol–water partition coefficient (Wildman–Crippen LogP) is 3.91. The summed E-state index contributed by atoms with van der Waals surface area (Å²) in [6.45, 7) is 6.51. The van der Waals surface area contributed by atoms with Crippen LogP contribution in [-0.4, -0.2) is 40.3 Å². The minimum absolute atomic E-state index is 0.0119. The van der Waals surface area contributed by atoms with Gasteiger partial charge in [0.2, 0.25) is 16.2 Å². The van der Waals surface area contributed by atoms with Crippen LogP contribution in [0.25, 0.3) is 5.13 Å². The number of piperidine rings is 1. The summed E-state index contributed by atoms with van der Waals surface area (Å²) in [5.41, 5.74) is 3.62. The number of anilines is 1. The Labute approximate surface area is 181 Å². The molecular formula is C23H29N5OS. The number of rotatable bonds is 7. The first-order valence-electron chi connectivity index (χ1n) is 10.7. The van der Waals surface area contributed by atoms with Gasteiger partial charge < -0.3 is 10.2 Å². The molecule has 1 aliphatic rings. The SMILES string of the molecule is Cc1ccc(C)n1-c1nnc(N2CCC[C@H](C(=O)NCCCc3ccccc3)C2)s1. The minimum Gasteiger partial charge on any atom is -0.356 e. The maximum atomic E-state index is 12.7. The number of aryl methyl sites for hydroxylation is 3. The summed E-state index contributed by atoms with van der Waals surface area (Å²) in [5.74, 6) is 0.174. The highest BCUT2D eigenvalue weighted by molar-refractivity contribution is 7.17. The van der Waals surface area contributed by atoms with E-state index < -0.39 is 0 Å². The molecule has 2 aromatic heterocycles. The molecule has 1 aromatic carbocycles. The summed E-state index contributed by atoms with van der Waals surface area (Å²) in [4.78, 5) is 14.9. The molecule has 1 amide bonds. The molecule has 1 atom stereocenters. The predicted molar refractivity (Wildman–Crippen MR) is 121 cm³/mol. The topological polar surface area (TPSA) is 63.1 Å². The van der Waals surface area contributed by atoms with Crippen LogP contribution in [0, 0.1) is 19.8 Å². The van der Waals surface area contributed by atoms with Crippen LogP contribution in [0.1, 0.15) is 36.2 Å². The highest BCUT2D eigenvalue weighted by Crippen LogP contribution is 2.29. The molecule has 3 heterocycles. The Kier molecular flexibility index (Phi) is 6.47. The Hall–Kier alpha value is -2.67. The van der Waals surface area contributed by atoms with Crippen molar-refractivity contribution < 1.29 is 4.79 Å². The standard InChI is InChI=1S/C23H29N5OS/c1-17-12-13-18(2)28(17)23-26-25-22(30-23)27-15-7-11-20(16-27)21(29)24-14-6-10-19-8-4-3-5-9-19/h3-5,8-9,12-13,20H,6-7,10-11,14-16H2,1-2H3,(H,24,29)/t20-/m0/s1. The van der Waals surface area contributed by atoms with Crippen molar-refractivity contribution in [3.8, 4) is 5.13 Å². The number of amides is 1. The van der Waals surface area contributed by atoms with Crippen LogP contribution in [-0.2, 0) is 11.2 Å². The molecule has 6 nitrogen and oxygen atoms in total. The fourth-order valence-electron chi connectivity index (χ4n) is 4.05. The maximum Gasteiger partial charge on any atom is 0.224 e. The van der Waals surface area contributed by atoms with E-state index in [1.807, 2.05) is 6.07 Å². The lowest BCUT2D eigenvalue weighted by atomic mass is 9.97. The van der Waals surface area contributed by atoms with Crippen LogP contribution >= 0.6 is 11.3 Å². The number of hydrogen-bond acceptors (Lipinski definition) is 5. The average molecular weight is 424 g/mol. The van der Waals surface area contributed by atoms with Crippen molar-refractivity contribution in [1.82, 2.24) is 20.1 Å². The van der Waals surface area contributed by atoms with Crippen LogP contribution < -0.4 is 10.2 Å². The second-order valence-corrected chi connectivity index (χ2v) is 8.92. The molecule has 7 heteroatoms. The van der Waals surface area contributed by atoms with E-state index in [-0.39, 0.29) is 11.8 Å². The second kappa shape index (κ2) is 9.43. The minimum atomic E-state index is 0.0119. The first-order valence-corrected chi connectivity index (χ1v) is 11.5. The van der Waals surface area contributed by atoms with Gasteiger partial charge in [-0.05, 0) is 57.2 Å². The summed E-state index contributed by atoms with van der Waals surface area (Å²) >= 11 is 1.59. The zero-order valence-corrected chi connectivity index (χ0v) is 18.5. The number of benzene rings is 1. The van der Waals surface area contributed by atoms with Crippen molar-refractivity contribution in [1.29, 1.82) is 0 Å². The molecular weight excluding hydrogens is 394 g/mol. The van der Waals surface area contributed by atoms with Crippen molar-refractivity contribution in [3.05, 3.63) is 59.4 Å². The molecule has 0 spiro atoms. The molecule has 1 N–H and O–H groups in total. The second-order valence-electron chi connectivity index (χ2n) is 7.98.